The third-order valence-corrected chi connectivity index (χ3v) is 9.15. The van der Waals surface area contributed by atoms with Crippen LogP contribution in [0.4, 0.5) is 0 Å². The standard InChI is InChI=1S/C43H25N3O2/c1-2-12-27-25-28(24-23-26(27)11-1)41-44-42(46-43(45-41)35-19-9-18-32-30-14-5-7-20-36(30)48-40(32)35)33-15-4-3-13-29(33)31-17-10-22-38-39(31)34-16-6-8-21-37(34)47-38/h1-25H. The maximum atomic E-state index is 6.45. The molecule has 0 fully saturated rings. The average molecular weight is 616 g/mol. The van der Waals surface area contributed by atoms with Gasteiger partial charge >= 0.3 is 0 Å². The van der Waals surface area contributed by atoms with Crippen LogP contribution < -0.4 is 0 Å². The SMILES string of the molecule is c1ccc(-c2cccc3oc4ccccc4c23)c(-c2nc(-c3ccc4ccccc4c3)nc(-c3cccc4c3oc3ccccc34)n2)c1. The summed E-state index contributed by atoms with van der Waals surface area (Å²) in [5.41, 5.74) is 7.98. The normalized spacial score (nSPS) is 11.8. The van der Waals surface area contributed by atoms with Gasteiger partial charge in [0.25, 0.3) is 0 Å². The highest BCUT2D eigenvalue weighted by Crippen LogP contribution is 2.41. The van der Waals surface area contributed by atoms with Crippen molar-refractivity contribution in [3.8, 4) is 45.3 Å². The number of fused-ring (bicyclic) bond motifs is 7. The Hall–Kier alpha value is -6.59. The van der Waals surface area contributed by atoms with Crippen molar-refractivity contribution < 1.29 is 8.83 Å². The lowest BCUT2D eigenvalue weighted by Gasteiger charge is -2.13. The third kappa shape index (κ3) is 4.15. The second kappa shape index (κ2) is 10.5. The number of hydrogen-bond acceptors (Lipinski definition) is 5. The molecule has 0 N–H and O–H groups in total. The van der Waals surface area contributed by atoms with E-state index in [1.54, 1.807) is 0 Å². The summed E-state index contributed by atoms with van der Waals surface area (Å²) in [5, 5.41) is 6.50. The Morgan fingerprint density at radius 3 is 1.81 bits per heavy atom. The summed E-state index contributed by atoms with van der Waals surface area (Å²) in [6.07, 6.45) is 0. The summed E-state index contributed by atoms with van der Waals surface area (Å²) >= 11 is 0. The average Bonchev–Trinajstić information content (AvgIpc) is 3.73. The molecular weight excluding hydrogens is 590 g/mol. The van der Waals surface area contributed by atoms with Crippen LogP contribution in [0.1, 0.15) is 0 Å². The summed E-state index contributed by atoms with van der Waals surface area (Å²) in [6.45, 7) is 0. The van der Waals surface area contributed by atoms with Gasteiger partial charge in [0.15, 0.2) is 17.5 Å². The molecule has 0 saturated carbocycles. The van der Waals surface area contributed by atoms with Gasteiger partial charge < -0.3 is 8.83 Å². The van der Waals surface area contributed by atoms with E-state index < -0.39 is 0 Å². The summed E-state index contributed by atoms with van der Waals surface area (Å²) in [6, 6.07) is 51.6. The molecule has 224 valence electrons. The number of rotatable bonds is 4. The van der Waals surface area contributed by atoms with Gasteiger partial charge in [-0.1, -0.05) is 121 Å². The zero-order valence-electron chi connectivity index (χ0n) is 25.6. The molecule has 0 bridgehead atoms. The molecular formula is C43H25N3O2. The van der Waals surface area contributed by atoms with Crippen molar-refractivity contribution in [1.29, 1.82) is 0 Å². The topological polar surface area (TPSA) is 65.0 Å². The Morgan fingerprint density at radius 2 is 0.938 bits per heavy atom. The lowest BCUT2D eigenvalue weighted by Crippen LogP contribution is -2.01. The van der Waals surface area contributed by atoms with Crippen LogP contribution in [0.15, 0.2) is 160 Å². The number of hydrogen-bond donors (Lipinski definition) is 0. The number of furan rings is 2. The van der Waals surface area contributed by atoms with Gasteiger partial charge in [-0.2, -0.15) is 0 Å². The highest BCUT2D eigenvalue weighted by Gasteiger charge is 2.21. The lowest BCUT2D eigenvalue weighted by atomic mass is 9.95. The zero-order chi connectivity index (χ0) is 31.6. The minimum absolute atomic E-state index is 0.551. The molecule has 0 spiro atoms. The van der Waals surface area contributed by atoms with Gasteiger partial charge in [-0.25, -0.2) is 15.0 Å². The molecule has 10 aromatic rings. The summed E-state index contributed by atoms with van der Waals surface area (Å²) in [7, 11) is 0. The van der Waals surface area contributed by atoms with E-state index in [4.69, 9.17) is 23.8 Å². The van der Waals surface area contributed by atoms with Gasteiger partial charge in [-0.3, -0.25) is 0 Å². The lowest BCUT2D eigenvalue weighted by molar-refractivity contribution is 0.669. The fourth-order valence-corrected chi connectivity index (χ4v) is 6.91. The van der Waals surface area contributed by atoms with Crippen LogP contribution in [-0.2, 0) is 0 Å². The smallest absolute Gasteiger partial charge is 0.167 e. The number of aromatic nitrogens is 3. The van der Waals surface area contributed by atoms with E-state index in [-0.39, 0.29) is 0 Å². The van der Waals surface area contributed by atoms with Crippen molar-refractivity contribution in [1.82, 2.24) is 15.0 Å². The quantitative estimate of drug-likeness (QED) is 0.197. The van der Waals surface area contributed by atoms with Crippen LogP contribution in [0.2, 0.25) is 0 Å². The summed E-state index contributed by atoms with van der Waals surface area (Å²) in [5.74, 6) is 1.72. The molecule has 0 saturated heterocycles. The molecule has 0 aliphatic carbocycles. The molecule has 0 amide bonds. The molecule has 0 aliphatic rings. The van der Waals surface area contributed by atoms with Crippen LogP contribution in [0.25, 0.3) is 99.9 Å². The molecule has 0 radical (unpaired) electrons. The van der Waals surface area contributed by atoms with Crippen LogP contribution >= 0.6 is 0 Å². The highest BCUT2D eigenvalue weighted by molar-refractivity contribution is 6.13. The largest absolute Gasteiger partial charge is 0.456 e. The first-order chi connectivity index (χ1) is 23.8. The molecule has 10 rings (SSSR count). The number of nitrogens with zero attached hydrogens (tertiary/aromatic N) is 3. The molecule has 3 aromatic heterocycles. The third-order valence-electron chi connectivity index (χ3n) is 9.15. The Labute approximate surface area is 274 Å². The van der Waals surface area contributed by atoms with E-state index >= 15 is 0 Å². The van der Waals surface area contributed by atoms with Gasteiger partial charge in [0, 0.05) is 32.7 Å². The Balaban J connectivity index is 1.25. The monoisotopic (exact) mass is 615 g/mol. The van der Waals surface area contributed by atoms with E-state index in [9.17, 15) is 0 Å². The predicted octanol–water partition coefficient (Wildman–Crippen LogP) is 11.5. The van der Waals surface area contributed by atoms with Crippen LogP contribution in [0, 0.1) is 0 Å². The summed E-state index contributed by atoms with van der Waals surface area (Å²) in [4.78, 5) is 15.5. The Kier molecular flexibility index (Phi) is 5.81. The van der Waals surface area contributed by atoms with Crippen LogP contribution in [0.3, 0.4) is 0 Å². The fourth-order valence-electron chi connectivity index (χ4n) is 6.91. The van der Waals surface area contributed by atoms with Gasteiger partial charge in [0.2, 0.25) is 0 Å². The van der Waals surface area contributed by atoms with Crippen molar-refractivity contribution in [3.05, 3.63) is 152 Å². The molecule has 0 aliphatic heterocycles. The Bertz CT molecular complexity index is 2860. The minimum Gasteiger partial charge on any atom is -0.456 e. The maximum absolute atomic E-state index is 6.45. The minimum atomic E-state index is 0.551. The van der Waals surface area contributed by atoms with Gasteiger partial charge in [0.1, 0.15) is 22.3 Å². The van der Waals surface area contributed by atoms with Crippen LogP contribution in [0.5, 0.6) is 0 Å². The fraction of sp³-hybridized carbons (Fsp3) is 0. The molecule has 7 aromatic carbocycles. The van der Waals surface area contributed by atoms with E-state index in [1.165, 1.54) is 0 Å². The van der Waals surface area contributed by atoms with E-state index in [0.717, 1.165) is 82.5 Å². The molecule has 5 nitrogen and oxygen atoms in total. The molecule has 0 unspecified atom stereocenters. The summed E-state index contributed by atoms with van der Waals surface area (Å²) < 4.78 is 12.7. The molecule has 48 heavy (non-hydrogen) atoms. The van der Waals surface area contributed by atoms with Crippen molar-refractivity contribution in [2.24, 2.45) is 0 Å². The first-order valence-electron chi connectivity index (χ1n) is 15.9. The van der Waals surface area contributed by atoms with Gasteiger partial charge in [-0.15, -0.1) is 0 Å². The zero-order valence-corrected chi connectivity index (χ0v) is 25.6. The number of para-hydroxylation sites is 3. The molecule has 3 heterocycles. The van der Waals surface area contributed by atoms with E-state index in [1.807, 2.05) is 66.7 Å². The van der Waals surface area contributed by atoms with E-state index in [0.29, 0.717) is 17.5 Å². The first kappa shape index (κ1) is 26.6. The van der Waals surface area contributed by atoms with Crippen molar-refractivity contribution in [2.75, 3.05) is 0 Å². The van der Waals surface area contributed by atoms with Crippen molar-refractivity contribution in [3.63, 3.8) is 0 Å². The predicted molar refractivity (Wildman–Crippen MR) is 194 cm³/mol. The first-order valence-corrected chi connectivity index (χ1v) is 15.9. The maximum Gasteiger partial charge on any atom is 0.167 e. The second-order valence-corrected chi connectivity index (χ2v) is 12.0. The molecule has 5 heteroatoms. The second-order valence-electron chi connectivity index (χ2n) is 12.0. The van der Waals surface area contributed by atoms with E-state index in [2.05, 4.69) is 84.9 Å². The van der Waals surface area contributed by atoms with Gasteiger partial charge in [0.05, 0.1) is 5.56 Å². The van der Waals surface area contributed by atoms with Crippen LogP contribution in [-0.4, -0.2) is 15.0 Å². The highest BCUT2D eigenvalue weighted by atomic mass is 16.3. The van der Waals surface area contributed by atoms with Crippen molar-refractivity contribution >= 4 is 54.6 Å². The Morgan fingerprint density at radius 1 is 0.354 bits per heavy atom. The molecule has 0 atom stereocenters. The number of benzene rings is 7. The van der Waals surface area contributed by atoms with Crippen molar-refractivity contribution in [2.45, 2.75) is 0 Å². The van der Waals surface area contributed by atoms with Gasteiger partial charge in [-0.05, 0) is 52.2 Å².